The Bertz CT molecular complexity index is 498. The highest BCUT2D eigenvalue weighted by molar-refractivity contribution is 9.10. The van der Waals surface area contributed by atoms with Crippen molar-refractivity contribution in [3.05, 3.63) is 34.4 Å². The van der Waals surface area contributed by atoms with Gasteiger partial charge in [0.15, 0.2) is 0 Å². The molecule has 0 spiro atoms. The third kappa shape index (κ3) is 1.89. The number of rotatable bonds is 1. The van der Waals surface area contributed by atoms with Crippen LogP contribution in [0.3, 0.4) is 0 Å². The smallest absolute Gasteiger partial charge is 0.0456 e. The van der Waals surface area contributed by atoms with Gasteiger partial charge in [-0.05, 0) is 43.7 Å². The lowest BCUT2D eigenvalue weighted by Gasteiger charge is -2.21. The van der Waals surface area contributed by atoms with E-state index in [0.717, 1.165) is 11.0 Å². The quantitative estimate of drug-likeness (QED) is 0.822. The Morgan fingerprint density at radius 3 is 3.00 bits per heavy atom. The zero-order chi connectivity index (χ0) is 11.0. The summed E-state index contributed by atoms with van der Waals surface area (Å²) in [5, 5.41) is 4.76. The Morgan fingerprint density at radius 2 is 2.19 bits per heavy atom. The third-order valence-corrected chi connectivity index (χ3v) is 3.83. The van der Waals surface area contributed by atoms with Crippen LogP contribution in [0.2, 0.25) is 0 Å². The lowest BCUT2D eigenvalue weighted by atomic mass is 9.96. The Kier molecular flexibility index (Phi) is 2.74. The average Bonchev–Trinajstić information content (AvgIpc) is 2.73. The fraction of sp³-hybridized carbons (Fsp3) is 0.385. The van der Waals surface area contributed by atoms with E-state index in [4.69, 9.17) is 0 Å². The molecule has 1 saturated heterocycles. The van der Waals surface area contributed by atoms with Crippen LogP contribution >= 0.6 is 15.9 Å². The molecular formula is C13H15BrN2. The number of aromatic amines is 1. The van der Waals surface area contributed by atoms with E-state index in [1.165, 1.54) is 36.0 Å². The Hall–Kier alpha value is -0.800. The fourth-order valence-corrected chi connectivity index (χ4v) is 2.84. The van der Waals surface area contributed by atoms with Gasteiger partial charge in [0.05, 0.1) is 0 Å². The number of piperidine rings is 1. The number of halogens is 1. The van der Waals surface area contributed by atoms with E-state index in [2.05, 4.69) is 50.5 Å². The molecule has 0 saturated carbocycles. The molecule has 0 amide bonds. The number of H-pyrrole nitrogens is 1. The van der Waals surface area contributed by atoms with Crippen LogP contribution in [0, 0.1) is 0 Å². The highest BCUT2D eigenvalue weighted by atomic mass is 79.9. The standard InChI is InChI=1S/C13H15BrN2/c14-11-3-4-12-10(6-11)7-13(16-12)9-2-1-5-15-8-9/h3-4,6-7,9,15-16H,1-2,5,8H2. The first kappa shape index (κ1) is 10.4. The minimum atomic E-state index is 0.653. The van der Waals surface area contributed by atoms with Crippen molar-refractivity contribution >= 4 is 26.8 Å². The summed E-state index contributed by atoms with van der Waals surface area (Å²) in [5.41, 5.74) is 2.61. The molecule has 1 aliphatic heterocycles. The summed E-state index contributed by atoms with van der Waals surface area (Å²) in [6.45, 7) is 2.27. The number of aromatic nitrogens is 1. The normalized spacial score (nSPS) is 21.4. The molecule has 1 unspecified atom stereocenters. The lowest BCUT2D eigenvalue weighted by Crippen LogP contribution is -2.28. The van der Waals surface area contributed by atoms with E-state index in [1.54, 1.807) is 0 Å². The molecule has 2 aromatic rings. The molecule has 0 aliphatic carbocycles. The Morgan fingerprint density at radius 1 is 1.25 bits per heavy atom. The van der Waals surface area contributed by atoms with Crippen LogP contribution in [-0.2, 0) is 0 Å². The van der Waals surface area contributed by atoms with Crippen LogP contribution in [0.1, 0.15) is 24.5 Å². The Balaban J connectivity index is 1.97. The first-order chi connectivity index (χ1) is 7.83. The van der Waals surface area contributed by atoms with Gasteiger partial charge in [0.25, 0.3) is 0 Å². The van der Waals surface area contributed by atoms with E-state index in [-0.39, 0.29) is 0 Å². The van der Waals surface area contributed by atoms with Gasteiger partial charge in [-0.15, -0.1) is 0 Å². The minimum Gasteiger partial charge on any atom is -0.358 e. The largest absolute Gasteiger partial charge is 0.358 e. The second-order valence-corrected chi connectivity index (χ2v) is 5.42. The predicted molar refractivity (Wildman–Crippen MR) is 70.8 cm³/mol. The molecule has 1 aromatic carbocycles. The molecule has 84 valence electrons. The number of nitrogens with one attached hydrogen (secondary N) is 2. The zero-order valence-electron chi connectivity index (χ0n) is 9.09. The molecule has 3 heteroatoms. The fourth-order valence-electron chi connectivity index (χ4n) is 2.46. The highest BCUT2D eigenvalue weighted by Gasteiger charge is 2.16. The third-order valence-electron chi connectivity index (χ3n) is 3.34. The van der Waals surface area contributed by atoms with Crippen molar-refractivity contribution in [1.29, 1.82) is 0 Å². The van der Waals surface area contributed by atoms with Crippen molar-refractivity contribution < 1.29 is 0 Å². The monoisotopic (exact) mass is 278 g/mol. The van der Waals surface area contributed by atoms with Crippen LogP contribution in [0.4, 0.5) is 0 Å². The topological polar surface area (TPSA) is 27.8 Å². The van der Waals surface area contributed by atoms with Crippen molar-refractivity contribution in [2.75, 3.05) is 13.1 Å². The van der Waals surface area contributed by atoms with Gasteiger partial charge >= 0.3 is 0 Å². The molecule has 2 heterocycles. The maximum Gasteiger partial charge on any atom is 0.0456 e. The molecule has 1 aliphatic rings. The molecule has 3 rings (SSSR count). The van der Waals surface area contributed by atoms with Crippen molar-refractivity contribution in [3.63, 3.8) is 0 Å². The molecule has 1 fully saturated rings. The molecule has 0 radical (unpaired) electrons. The molecule has 16 heavy (non-hydrogen) atoms. The van der Waals surface area contributed by atoms with E-state index in [0.29, 0.717) is 5.92 Å². The van der Waals surface area contributed by atoms with E-state index >= 15 is 0 Å². The summed E-state index contributed by atoms with van der Waals surface area (Å²) < 4.78 is 1.15. The molecule has 2 N–H and O–H groups in total. The molecule has 0 bridgehead atoms. The van der Waals surface area contributed by atoms with Crippen LogP contribution in [-0.4, -0.2) is 18.1 Å². The zero-order valence-corrected chi connectivity index (χ0v) is 10.7. The van der Waals surface area contributed by atoms with Crippen molar-refractivity contribution in [2.24, 2.45) is 0 Å². The van der Waals surface area contributed by atoms with E-state index in [9.17, 15) is 0 Å². The predicted octanol–water partition coefficient (Wildman–Crippen LogP) is 3.40. The van der Waals surface area contributed by atoms with Crippen LogP contribution in [0.5, 0.6) is 0 Å². The SMILES string of the molecule is Brc1ccc2[nH]c(C3CCCNC3)cc2c1. The summed E-state index contributed by atoms with van der Waals surface area (Å²) in [6.07, 6.45) is 2.57. The Labute approximate surface area is 104 Å². The first-order valence-electron chi connectivity index (χ1n) is 5.82. The maximum atomic E-state index is 3.53. The van der Waals surface area contributed by atoms with Gasteiger partial charge in [0.1, 0.15) is 0 Å². The summed E-state index contributed by atoms with van der Waals surface area (Å²) in [5.74, 6) is 0.653. The summed E-state index contributed by atoms with van der Waals surface area (Å²) in [6, 6.07) is 8.68. The van der Waals surface area contributed by atoms with Crippen molar-refractivity contribution in [2.45, 2.75) is 18.8 Å². The maximum absolute atomic E-state index is 3.53. The second kappa shape index (κ2) is 4.22. The van der Waals surface area contributed by atoms with E-state index in [1.807, 2.05) is 0 Å². The molecule has 1 aromatic heterocycles. The number of fused-ring (bicyclic) bond motifs is 1. The highest BCUT2D eigenvalue weighted by Crippen LogP contribution is 2.27. The molecular weight excluding hydrogens is 264 g/mol. The van der Waals surface area contributed by atoms with Gasteiger partial charge < -0.3 is 10.3 Å². The van der Waals surface area contributed by atoms with Gasteiger partial charge in [-0.2, -0.15) is 0 Å². The minimum absolute atomic E-state index is 0.653. The van der Waals surface area contributed by atoms with Gasteiger partial charge in [-0.1, -0.05) is 15.9 Å². The van der Waals surface area contributed by atoms with Gasteiger partial charge in [0.2, 0.25) is 0 Å². The van der Waals surface area contributed by atoms with Gasteiger partial charge in [-0.3, -0.25) is 0 Å². The van der Waals surface area contributed by atoms with Crippen molar-refractivity contribution in [3.8, 4) is 0 Å². The van der Waals surface area contributed by atoms with Gasteiger partial charge in [-0.25, -0.2) is 0 Å². The number of hydrogen-bond donors (Lipinski definition) is 2. The first-order valence-corrected chi connectivity index (χ1v) is 6.61. The van der Waals surface area contributed by atoms with Crippen molar-refractivity contribution in [1.82, 2.24) is 10.3 Å². The van der Waals surface area contributed by atoms with Gasteiger partial charge in [0, 0.05) is 33.5 Å². The summed E-state index contributed by atoms with van der Waals surface area (Å²) >= 11 is 3.51. The summed E-state index contributed by atoms with van der Waals surface area (Å²) in [7, 11) is 0. The lowest BCUT2D eigenvalue weighted by molar-refractivity contribution is 0.456. The number of hydrogen-bond acceptors (Lipinski definition) is 1. The average molecular weight is 279 g/mol. The van der Waals surface area contributed by atoms with Crippen LogP contribution < -0.4 is 5.32 Å². The molecule has 1 atom stereocenters. The van der Waals surface area contributed by atoms with E-state index < -0.39 is 0 Å². The van der Waals surface area contributed by atoms with Crippen LogP contribution in [0.15, 0.2) is 28.7 Å². The second-order valence-electron chi connectivity index (χ2n) is 4.50. The molecule has 2 nitrogen and oxygen atoms in total. The summed E-state index contributed by atoms with van der Waals surface area (Å²) in [4.78, 5) is 3.53. The van der Waals surface area contributed by atoms with Crippen LogP contribution in [0.25, 0.3) is 10.9 Å². The number of benzene rings is 1.